The van der Waals surface area contributed by atoms with E-state index in [1.54, 1.807) is 5.56 Å². The summed E-state index contributed by atoms with van der Waals surface area (Å²) in [6.45, 7) is 7.15. The van der Waals surface area contributed by atoms with E-state index in [-0.39, 0.29) is 0 Å². The molecule has 24 heavy (non-hydrogen) atoms. The first-order valence-electron chi connectivity index (χ1n) is 9.81. The highest BCUT2D eigenvalue weighted by Crippen LogP contribution is 2.54. The molecule has 0 saturated heterocycles. The first kappa shape index (κ1) is 15.9. The molecule has 0 bridgehead atoms. The van der Waals surface area contributed by atoms with Crippen LogP contribution in [0.2, 0.25) is 0 Å². The normalized spacial score (nSPS) is 29.5. The molecule has 0 spiro atoms. The lowest BCUT2D eigenvalue weighted by Gasteiger charge is -2.31. The summed E-state index contributed by atoms with van der Waals surface area (Å²) in [5.41, 5.74) is 7.40. The molecule has 0 unspecified atom stereocenters. The molecule has 0 aromatic heterocycles. The lowest BCUT2D eigenvalue weighted by Crippen LogP contribution is -2.20. The minimum Gasteiger partial charge on any atom is -0.0622 e. The molecule has 4 atom stereocenters. The number of benzene rings is 2. The van der Waals surface area contributed by atoms with E-state index in [1.165, 1.54) is 54.4 Å². The zero-order chi connectivity index (χ0) is 16.7. The van der Waals surface area contributed by atoms with Gasteiger partial charge in [-0.2, -0.15) is 0 Å². The summed E-state index contributed by atoms with van der Waals surface area (Å²) in [5.74, 6) is 3.52. The van der Waals surface area contributed by atoms with Gasteiger partial charge in [0.1, 0.15) is 0 Å². The van der Waals surface area contributed by atoms with Crippen LogP contribution in [0.4, 0.5) is 0 Å². The smallest absolute Gasteiger partial charge is 0.0102 e. The molecular formula is C24H30. The van der Waals surface area contributed by atoms with Crippen LogP contribution < -0.4 is 0 Å². The van der Waals surface area contributed by atoms with Gasteiger partial charge in [-0.25, -0.2) is 0 Å². The van der Waals surface area contributed by atoms with E-state index in [9.17, 15) is 0 Å². The average Bonchev–Trinajstić information content (AvgIpc) is 2.94. The van der Waals surface area contributed by atoms with Crippen molar-refractivity contribution in [2.24, 2.45) is 17.8 Å². The van der Waals surface area contributed by atoms with Crippen molar-refractivity contribution in [2.45, 2.75) is 58.8 Å². The van der Waals surface area contributed by atoms with Crippen LogP contribution in [0.5, 0.6) is 0 Å². The first-order valence-corrected chi connectivity index (χ1v) is 9.81. The highest BCUT2D eigenvalue weighted by atomic mass is 14.5. The quantitative estimate of drug-likeness (QED) is 0.565. The summed E-state index contributed by atoms with van der Waals surface area (Å²) >= 11 is 0. The summed E-state index contributed by atoms with van der Waals surface area (Å²) in [6.07, 6.45) is 7.28. The molecule has 0 radical (unpaired) electrons. The Morgan fingerprint density at radius 3 is 2.42 bits per heavy atom. The van der Waals surface area contributed by atoms with Crippen molar-refractivity contribution in [1.29, 1.82) is 0 Å². The van der Waals surface area contributed by atoms with Crippen LogP contribution in [0.25, 0.3) is 11.1 Å². The van der Waals surface area contributed by atoms with Gasteiger partial charge in [-0.05, 0) is 78.2 Å². The molecule has 0 heterocycles. The highest BCUT2D eigenvalue weighted by molar-refractivity contribution is 5.66. The van der Waals surface area contributed by atoms with Crippen LogP contribution in [0.3, 0.4) is 0 Å². The van der Waals surface area contributed by atoms with Crippen molar-refractivity contribution in [3.8, 4) is 11.1 Å². The Hall–Kier alpha value is -1.56. The van der Waals surface area contributed by atoms with Crippen molar-refractivity contribution in [1.82, 2.24) is 0 Å². The van der Waals surface area contributed by atoms with Gasteiger partial charge in [0.05, 0.1) is 0 Å². The van der Waals surface area contributed by atoms with Crippen LogP contribution in [0.1, 0.15) is 61.6 Å². The van der Waals surface area contributed by atoms with E-state index in [2.05, 4.69) is 63.2 Å². The predicted molar refractivity (Wildman–Crippen MR) is 103 cm³/mol. The standard InChI is InChI=1S/C24H30/c1-16-13-21(19-9-5-4-6-10-19)15-23(18(16)3)24-17(2)14-20-11-7-8-12-22(20)24/h4-6,9-10,13,15,17,20,22,24H,7-8,11-12,14H2,1-3H3/t17-,20+,22+,24-/m0/s1. The second-order valence-corrected chi connectivity index (χ2v) is 8.32. The summed E-state index contributed by atoms with van der Waals surface area (Å²) in [5, 5.41) is 0. The van der Waals surface area contributed by atoms with Crippen molar-refractivity contribution >= 4 is 0 Å². The molecule has 2 aromatic carbocycles. The van der Waals surface area contributed by atoms with Crippen LogP contribution in [-0.4, -0.2) is 0 Å². The molecular weight excluding hydrogens is 288 g/mol. The Kier molecular flexibility index (Phi) is 4.24. The van der Waals surface area contributed by atoms with E-state index in [1.807, 2.05) is 0 Å². The number of hydrogen-bond acceptors (Lipinski definition) is 0. The van der Waals surface area contributed by atoms with Crippen molar-refractivity contribution < 1.29 is 0 Å². The summed E-state index contributed by atoms with van der Waals surface area (Å²) in [4.78, 5) is 0. The van der Waals surface area contributed by atoms with E-state index in [4.69, 9.17) is 0 Å². The fourth-order valence-electron chi connectivity index (χ4n) is 5.62. The molecule has 0 N–H and O–H groups in total. The Morgan fingerprint density at radius 2 is 1.62 bits per heavy atom. The molecule has 2 aromatic rings. The van der Waals surface area contributed by atoms with Gasteiger partial charge < -0.3 is 0 Å². The molecule has 0 aliphatic heterocycles. The van der Waals surface area contributed by atoms with Crippen molar-refractivity contribution in [2.75, 3.05) is 0 Å². The summed E-state index contributed by atoms with van der Waals surface area (Å²) in [6, 6.07) is 15.8. The average molecular weight is 319 g/mol. The molecule has 0 amide bonds. The second kappa shape index (κ2) is 6.39. The zero-order valence-electron chi connectivity index (χ0n) is 15.4. The lowest BCUT2D eigenvalue weighted by molar-refractivity contribution is 0.258. The zero-order valence-corrected chi connectivity index (χ0v) is 15.4. The van der Waals surface area contributed by atoms with Gasteiger partial charge >= 0.3 is 0 Å². The fraction of sp³-hybridized carbons (Fsp3) is 0.500. The van der Waals surface area contributed by atoms with Gasteiger partial charge in [-0.3, -0.25) is 0 Å². The highest BCUT2D eigenvalue weighted by Gasteiger charge is 2.43. The SMILES string of the molecule is Cc1cc(-c2ccccc2)cc([C@@H]2[C@@H]3CCCC[C@@H]3C[C@@H]2C)c1C. The third-order valence-corrected chi connectivity index (χ3v) is 6.89. The van der Waals surface area contributed by atoms with Crippen molar-refractivity contribution in [3.05, 3.63) is 59.2 Å². The molecule has 4 rings (SSSR count). The molecule has 0 nitrogen and oxygen atoms in total. The molecule has 2 saturated carbocycles. The maximum absolute atomic E-state index is 2.52. The number of fused-ring (bicyclic) bond motifs is 1. The molecule has 2 aliphatic carbocycles. The van der Waals surface area contributed by atoms with Gasteiger partial charge in [0, 0.05) is 0 Å². The Balaban J connectivity index is 1.78. The number of aryl methyl sites for hydroxylation is 1. The van der Waals surface area contributed by atoms with Gasteiger partial charge in [0.15, 0.2) is 0 Å². The van der Waals surface area contributed by atoms with Crippen molar-refractivity contribution in [3.63, 3.8) is 0 Å². The Bertz CT molecular complexity index is 712. The van der Waals surface area contributed by atoms with E-state index >= 15 is 0 Å². The third-order valence-electron chi connectivity index (χ3n) is 6.89. The number of hydrogen-bond donors (Lipinski definition) is 0. The number of rotatable bonds is 2. The Labute approximate surface area is 147 Å². The molecule has 126 valence electrons. The summed E-state index contributed by atoms with van der Waals surface area (Å²) < 4.78 is 0. The predicted octanol–water partition coefficient (Wildman–Crippen LogP) is 6.90. The van der Waals surface area contributed by atoms with E-state index in [0.717, 1.165) is 23.7 Å². The maximum atomic E-state index is 2.52. The fourth-order valence-corrected chi connectivity index (χ4v) is 5.62. The van der Waals surface area contributed by atoms with Crippen LogP contribution in [0, 0.1) is 31.6 Å². The van der Waals surface area contributed by atoms with Gasteiger partial charge in [0.25, 0.3) is 0 Å². The van der Waals surface area contributed by atoms with E-state index < -0.39 is 0 Å². The monoisotopic (exact) mass is 318 g/mol. The van der Waals surface area contributed by atoms with Crippen LogP contribution in [0.15, 0.2) is 42.5 Å². The molecule has 2 fully saturated rings. The largest absolute Gasteiger partial charge is 0.0622 e. The molecule has 2 aliphatic rings. The van der Waals surface area contributed by atoms with E-state index in [0.29, 0.717) is 0 Å². The molecule has 0 heteroatoms. The first-order chi connectivity index (χ1) is 11.6. The Morgan fingerprint density at radius 1 is 0.875 bits per heavy atom. The van der Waals surface area contributed by atoms with Crippen LogP contribution in [-0.2, 0) is 0 Å². The minimum absolute atomic E-state index is 0.776. The van der Waals surface area contributed by atoms with Gasteiger partial charge in [-0.15, -0.1) is 0 Å². The maximum Gasteiger partial charge on any atom is -0.0102 e. The minimum atomic E-state index is 0.776. The van der Waals surface area contributed by atoms with Crippen LogP contribution >= 0.6 is 0 Å². The lowest BCUT2D eigenvalue weighted by atomic mass is 9.73. The van der Waals surface area contributed by atoms with Gasteiger partial charge in [-0.1, -0.05) is 68.7 Å². The summed E-state index contributed by atoms with van der Waals surface area (Å²) in [7, 11) is 0. The third kappa shape index (κ3) is 2.70. The van der Waals surface area contributed by atoms with Gasteiger partial charge in [0.2, 0.25) is 0 Å². The topological polar surface area (TPSA) is 0 Å². The second-order valence-electron chi connectivity index (χ2n) is 8.32.